The molecule has 0 radical (unpaired) electrons. The Bertz CT molecular complexity index is 647. The van der Waals surface area contributed by atoms with Crippen LogP contribution in [0, 0.1) is 12.8 Å². The van der Waals surface area contributed by atoms with E-state index in [2.05, 4.69) is 9.88 Å². The van der Waals surface area contributed by atoms with E-state index in [0.717, 1.165) is 48.5 Å². The Balaban J connectivity index is 1.87. The zero-order valence-electron chi connectivity index (χ0n) is 11.5. The molecule has 1 aromatic carbocycles. The Labute approximate surface area is 117 Å². The number of aryl methyl sites for hydroxylation is 1. The minimum absolute atomic E-state index is 0.0000262. The molecule has 1 aliphatic rings. The number of nitrogens with zero attached hydrogens (tertiary/aromatic N) is 3. The van der Waals surface area contributed by atoms with Crippen LogP contribution in [0.2, 0.25) is 0 Å². The van der Waals surface area contributed by atoms with Crippen molar-refractivity contribution in [2.75, 3.05) is 18.0 Å². The number of aromatic nitrogens is 2. The van der Waals surface area contributed by atoms with Crippen LogP contribution in [0.1, 0.15) is 18.5 Å². The van der Waals surface area contributed by atoms with Crippen molar-refractivity contribution in [2.45, 2.75) is 19.8 Å². The predicted molar refractivity (Wildman–Crippen MR) is 78.4 cm³/mol. The molecule has 0 aliphatic carbocycles. The van der Waals surface area contributed by atoms with Gasteiger partial charge >= 0.3 is 0 Å². The maximum absolute atomic E-state index is 11.2. The molecule has 3 rings (SSSR count). The van der Waals surface area contributed by atoms with Gasteiger partial charge in [-0.3, -0.25) is 4.79 Å². The van der Waals surface area contributed by atoms with Crippen molar-refractivity contribution in [1.29, 1.82) is 0 Å². The fraction of sp³-hybridized carbons (Fsp3) is 0.400. The van der Waals surface area contributed by atoms with Gasteiger partial charge in [0, 0.05) is 19.0 Å². The van der Waals surface area contributed by atoms with Crippen LogP contribution in [0.5, 0.6) is 0 Å². The molecule has 1 fully saturated rings. The number of para-hydroxylation sites is 2. The lowest BCUT2D eigenvalue weighted by Crippen LogP contribution is -2.39. The van der Waals surface area contributed by atoms with E-state index in [-0.39, 0.29) is 11.8 Å². The Morgan fingerprint density at radius 1 is 1.20 bits per heavy atom. The molecule has 20 heavy (non-hydrogen) atoms. The van der Waals surface area contributed by atoms with E-state index in [9.17, 15) is 4.79 Å². The number of primary amides is 1. The molecule has 2 N–H and O–H groups in total. The molecule has 2 aromatic rings. The Morgan fingerprint density at radius 2 is 1.80 bits per heavy atom. The maximum Gasteiger partial charge on any atom is 0.220 e. The first kappa shape index (κ1) is 12.8. The predicted octanol–water partition coefficient (Wildman–Crippen LogP) is 1.64. The molecule has 5 heteroatoms. The average molecular weight is 270 g/mol. The van der Waals surface area contributed by atoms with Crippen LogP contribution >= 0.6 is 0 Å². The van der Waals surface area contributed by atoms with Gasteiger partial charge in [-0.1, -0.05) is 12.1 Å². The third-order valence-corrected chi connectivity index (χ3v) is 3.92. The number of hydrogen-bond acceptors (Lipinski definition) is 4. The fourth-order valence-electron chi connectivity index (χ4n) is 2.75. The van der Waals surface area contributed by atoms with E-state index in [1.165, 1.54) is 0 Å². The van der Waals surface area contributed by atoms with Gasteiger partial charge in [-0.25, -0.2) is 9.97 Å². The summed E-state index contributed by atoms with van der Waals surface area (Å²) in [5, 5.41) is 0. The smallest absolute Gasteiger partial charge is 0.220 e. The summed E-state index contributed by atoms with van der Waals surface area (Å²) in [6.07, 6.45) is 1.59. The Morgan fingerprint density at radius 3 is 2.40 bits per heavy atom. The second-order valence-corrected chi connectivity index (χ2v) is 5.29. The number of benzene rings is 1. The molecule has 1 amide bonds. The number of piperidine rings is 1. The summed E-state index contributed by atoms with van der Waals surface area (Å²) in [6.45, 7) is 3.60. The molecular formula is C15H18N4O. The van der Waals surface area contributed by atoms with Crippen molar-refractivity contribution in [3.05, 3.63) is 30.0 Å². The summed E-state index contributed by atoms with van der Waals surface area (Å²) < 4.78 is 0. The van der Waals surface area contributed by atoms with Gasteiger partial charge in [0.15, 0.2) is 5.82 Å². The lowest BCUT2D eigenvalue weighted by molar-refractivity contribution is -0.122. The first-order valence-electron chi connectivity index (χ1n) is 6.93. The number of amides is 1. The summed E-state index contributed by atoms with van der Waals surface area (Å²) in [5.74, 6) is 0.734. The fourth-order valence-corrected chi connectivity index (χ4v) is 2.75. The average Bonchev–Trinajstić information content (AvgIpc) is 2.46. The van der Waals surface area contributed by atoms with Crippen molar-refractivity contribution in [3.63, 3.8) is 0 Å². The van der Waals surface area contributed by atoms with Gasteiger partial charge in [-0.15, -0.1) is 0 Å². The van der Waals surface area contributed by atoms with Crippen molar-refractivity contribution < 1.29 is 4.79 Å². The standard InChI is InChI=1S/C15H18N4O/c1-10-15(18-13-5-3-2-4-12(13)17-10)19-8-6-11(7-9-19)14(16)20/h2-5,11H,6-9H2,1H3,(H2,16,20). The Hall–Kier alpha value is -2.17. The molecule has 1 aromatic heterocycles. The van der Waals surface area contributed by atoms with Crippen LogP contribution in [-0.4, -0.2) is 29.0 Å². The number of nitrogens with two attached hydrogens (primary N) is 1. The van der Waals surface area contributed by atoms with Crippen LogP contribution in [0.15, 0.2) is 24.3 Å². The topological polar surface area (TPSA) is 72.1 Å². The molecule has 5 nitrogen and oxygen atoms in total. The third-order valence-electron chi connectivity index (χ3n) is 3.92. The second-order valence-electron chi connectivity index (χ2n) is 5.29. The molecule has 0 bridgehead atoms. The lowest BCUT2D eigenvalue weighted by Gasteiger charge is -2.32. The zero-order chi connectivity index (χ0) is 14.1. The summed E-state index contributed by atoms with van der Waals surface area (Å²) >= 11 is 0. The highest BCUT2D eigenvalue weighted by atomic mass is 16.1. The van der Waals surface area contributed by atoms with E-state index in [0.29, 0.717) is 0 Å². The zero-order valence-corrected chi connectivity index (χ0v) is 11.5. The number of carbonyl (C=O) groups excluding carboxylic acids is 1. The molecule has 0 spiro atoms. The molecule has 0 atom stereocenters. The van der Waals surface area contributed by atoms with E-state index < -0.39 is 0 Å². The van der Waals surface area contributed by atoms with Crippen LogP contribution in [-0.2, 0) is 4.79 Å². The van der Waals surface area contributed by atoms with Gasteiger partial charge in [-0.2, -0.15) is 0 Å². The van der Waals surface area contributed by atoms with Gasteiger partial charge in [0.1, 0.15) is 0 Å². The molecular weight excluding hydrogens is 252 g/mol. The largest absolute Gasteiger partial charge is 0.369 e. The number of hydrogen-bond donors (Lipinski definition) is 1. The van der Waals surface area contributed by atoms with Crippen LogP contribution in [0.4, 0.5) is 5.82 Å². The highest BCUT2D eigenvalue weighted by Gasteiger charge is 2.25. The normalized spacial score (nSPS) is 16.6. The quantitative estimate of drug-likeness (QED) is 0.900. The highest BCUT2D eigenvalue weighted by molar-refractivity contribution is 5.78. The Kier molecular flexibility index (Phi) is 3.26. The number of anilines is 1. The summed E-state index contributed by atoms with van der Waals surface area (Å²) in [6, 6.07) is 7.88. The van der Waals surface area contributed by atoms with Crippen LogP contribution < -0.4 is 10.6 Å². The molecule has 0 unspecified atom stereocenters. The monoisotopic (exact) mass is 270 g/mol. The van der Waals surface area contributed by atoms with E-state index in [1.807, 2.05) is 31.2 Å². The van der Waals surface area contributed by atoms with Crippen molar-refractivity contribution in [3.8, 4) is 0 Å². The third kappa shape index (κ3) is 2.31. The maximum atomic E-state index is 11.2. The summed E-state index contributed by atoms with van der Waals surface area (Å²) in [5.41, 5.74) is 8.13. The van der Waals surface area contributed by atoms with Gasteiger partial charge in [0.25, 0.3) is 0 Å². The van der Waals surface area contributed by atoms with Crippen molar-refractivity contribution in [2.24, 2.45) is 11.7 Å². The van der Waals surface area contributed by atoms with Crippen molar-refractivity contribution >= 4 is 22.8 Å². The van der Waals surface area contributed by atoms with Gasteiger partial charge < -0.3 is 10.6 Å². The molecule has 2 heterocycles. The van der Waals surface area contributed by atoms with Crippen LogP contribution in [0.3, 0.4) is 0 Å². The highest BCUT2D eigenvalue weighted by Crippen LogP contribution is 2.25. The van der Waals surface area contributed by atoms with Crippen LogP contribution in [0.25, 0.3) is 11.0 Å². The summed E-state index contributed by atoms with van der Waals surface area (Å²) in [4.78, 5) is 22.7. The number of fused-ring (bicyclic) bond motifs is 1. The minimum atomic E-state index is -0.189. The van der Waals surface area contributed by atoms with Gasteiger partial charge in [-0.05, 0) is 31.9 Å². The van der Waals surface area contributed by atoms with Gasteiger partial charge in [0.2, 0.25) is 5.91 Å². The molecule has 0 saturated carbocycles. The van der Waals surface area contributed by atoms with E-state index in [4.69, 9.17) is 10.7 Å². The molecule has 104 valence electrons. The first-order chi connectivity index (χ1) is 9.65. The SMILES string of the molecule is Cc1nc2ccccc2nc1N1CCC(C(N)=O)CC1. The van der Waals surface area contributed by atoms with Gasteiger partial charge in [0.05, 0.1) is 16.7 Å². The molecule has 1 aliphatic heterocycles. The minimum Gasteiger partial charge on any atom is -0.369 e. The van der Waals surface area contributed by atoms with Crippen molar-refractivity contribution in [1.82, 2.24) is 9.97 Å². The summed E-state index contributed by atoms with van der Waals surface area (Å²) in [7, 11) is 0. The second kappa shape index (κ2) is 5.07. The number of rotatable bonds is 2. The lowest BCUT2D eigenvalue weighted by atomic mass is 9.96. The number of carbonyl (C=O) groups is 1. The first-order valence-corrected chi connectivity index (χ1v) is 6.93. The van der Waals surface area contributed by atoms with E-state index >= 15 is 0 Å². The van der Waals surface area contributed by atoms with E-state index in [1.54, 1.807) is 0 Å². The molecule has 1 saturated heterocycles.